The van der Waals surface area contributed by atoms with Gasteiger partial charge in [0, 0.05) is 22.0 Å². The van der Waals surface area contributed by atoms with Gasteiger partial charge in [0.2, 0.25) is 0 Å². The fourth-order valence-corrected chi connectivity index (χ4v) is 2.60. The van der Waals surface area contributed by atoms with E-state index in [1.807, 2.05) is 12.1 Å². The largest absolute Gasteiger partial charge is 0.331 e. The van der Waals surface area contributed by atoms with Crippen molar-refractivity contribution in [3.8, 4) is 0 Å². The van der Waals surface area contributed by atoms with Gasteiger partial charge in [0.1, 0.15) is 0 Å². The van der Waals surface area contributed by atoms with Gasteiger partial charge in [-0.3, -0.25) is 4.79 Å². The van der Waals surface area contributed by atoms with Gasteiger partial charge in [0.15, 0.2) is 0 Å². The quantitative estimate of drug-likeness (QED) is 0.728. The first-order valence-corrected chi connectivity index (χ1v) is 6.65. The lowest BCUT2D eigenvalue weighted by Gasteiger charge is -2.20. The molecular weight excluding hydrogens is 346 g/mol. The standard InChI is InChI=1S/C13H13Br2NO/c1-3-7-16(8-4-2)13(17)11-6-5-10(14)9-12(11)15/h3-6,9H,1-2,7-8H2. The highest BCUT2D eigenvalue weighted by Crippen LogP contribution is 2.23. The fourth-order valence-electron chi connectivity index (χ4n) is 1.39. The van der Waals surface area contributed by atoms with E-state index in [1.165, 1.54) is 0 Å². The number of hydrogen-bond acceptors (Lipinski definition) is 1. The van der Waals surface area contributed by atoms with Crippen LogP contribution in [0.25, 0.3) is 0 Å². The Balaban J connectivity index is 2.99. The summed E-state index contributed by atoms with van der Waals surface area (Å²) in [5, 5.41) is 0. The van der Waals surface area contributed by atoms with E-state index in [-0.39, 0.29) is 5.91 Å². The van der Waals surface area contributed by atoms with Crippen molar-refractivity contribution >= 4 is 37.8 Å². The second-order valence-corrected chi connectivity index (χ2v) is 5.18. The molecule has 17 heavy (non-hydrogen) atoms. The minimum atomic E-state index is -0.0378. The maximum atomic E-state index is 12.2. The summed E-state index contributed by atoms with van der Waals surface area (Å²) >= 11 is 6.75. The van der Waals surface area contributed by atoms with Crippen molar-refractivity contribution in [3.63, 3.8) is 0 Å². The van der Waals surface area contributed by atoms with Crippen LogP contribution in [0.4, 0.5) is 0 Å². The van der Waals surface area contributed by atoms with Crippen molar-refractivity contribution < 1.29 is 4.79 Å². The number of carbonyl (C=O) groups is 1. The van der Waals surface area contributed by atoms with Crippen LogP contribution in [0.3, 0.4) is 0 Å². The normalized spacial score (nSPS) is 9.76. The molecule has 1 aromatic rings. The Morgan fingerprint density at radius 1 is 1.24 bits per heavy atom. The molecule has 0 aromatic heterocycles. The van der Waals surface area contributed by atoms with Gasteiger partial charge in [-0.2, -0.15) is 0 Å². The SMILES string of the molecule is C=CCN(CC=C)C(=O)c1ccc(Br)cc1Br. The van der Waals surface area contributed by atoms with E-state index in [4.69, 9.17) is 0 Å². The van der Waals surface area contributed by atoms with Crippen LogP contribution in [-0.2, 0) is 0 Å². The number of carbonyl (C=O) groups excluding carboxylic acids is 1. The fraction of sp³-hybridized carbons (Fsp3) is 0.154. The Labute approximate surface area is 118 Å². The van der Waals surface area contributed by atoms with Gasteiger partial charge in [-0.05, 0) is 34.1 Å². The zero-order chi connectivity index (χ0) is 12.8. The van der Waals surface area contributed by atoms with Crippen molar-refractivity contribution in [3.05, 3.63) is 58.0 Å². The molecule has 1 amide bonds. The smallest absolute Gasteiger partial charge is 0.255 e. The third-order valence-corrected chi connectivity index (χ3v) is 3.30. The summed E-state index contributed by atoms with van der Waals surface area (Å²) in [6, 6.07) is 5.49. The van der Waals surface area contributed by atoms with Gasteiger partial charge in [-0.15, -0.1) is 13.2 Å². The molecule has 0 heterocycles. The third-order valence-electron chi connectivity index (χ3n) is 2.15. The van der Waals surface area contributed by atoms with Gasteiger partial charge in [0.05, 0.1) is 5.56 Å². The molecule has 0 spiro atoms. The van der Waals surface area contributed by atoms with E-state index in [1.54, 1.807) is 23.1 Å². The number of hydrogen-bond donors (Lipinski definition) is 0. The minimum absolute atomic E-state index is 0.0378. The Morgan fingerprint density at radius 3 is 2.29 bits per heavy atom. The molecule has 0 fully saturated rings. The summed E-state index contributed by atoms with van der Waals surface area (Å²) in [5.74, 6) is -0.0378. The number of benzene rings is 1. The lowest BCUT2D eigenvalue weighted by Crippen LogP contribution is -2.31. The van der Waals surface area contributed by atoms with Gasteiger partial charge >= 0.3 is 0 Å². The average molecular weight is 359 g/mol. The molecule has 0 atom stereocenters. The topological polar surface area (TPSA) is 20.3 Å². The molecule has 1 rings (SSSR count). The summed E-state index contributed by atoms with van der Waals surface area (Å²) < 4.78 is 1.70. The van der Waals surface area contributed by atoms with Crippen LogP contribution < -0.4 is 0 Å². The Kier molecular flexibility index (Phi) is 5.65. The Bertz CT molecular complexity index is 433. The second-order valence-electron chi connectivity index (χ2n) is 3.41. The lowest BCUT2D eigenvalue weighted by molar-refractivity contribution is 0.0790. The molecule has 0 aliphatic carbocycles. The van der Waals surface area contributed by atoms with E-state index < -0.39 is 0 Å². The van der Waals surface area contributed by atoms with E-state index in [2.05, 4.69) is 45.0 Å². The highest BCUT2D eigenvalue weighted by Gasteiger charge is 2.16. The summed E-state index contributed by atoms with van der Waals surface area (Å²) in [5.41, 5.74) is 0.636. The van der Waals surface area contributed by atoms with Crippen LogP contribution in [0.5, 0.6) is 0 Å². The molecule has 1 aromatic carbocycles. The Morgan fingerprint density at radius 2 is 1.82 bits per heavy atom. The lowest BCUT2D eigenvalue weighted by atomic mass is 10.2. The van der Waals surface area contributed by atoms with Crippen LogP contribution in [0, 0.1) is 0 Å². The molecule has 0 radical (unpaired) electrons. The summed E-state index contributed by atoms with van der Waals surface area (Å²) in [7, 11) is 0. The first-order chi connectivity index (χ1) is 8.10. The maximum Gasteiger partial charge on any atom is 0.255 e. The van der Waals surface area contributed by atoms with Gasteiger partial charge < -0.3 is 4.90 Å². The summed E-state index contributed by atoms with van der Waals surface area (Å²) in [4.78, 5) is 13.9. The average Bonchev–Trinajstić information content (AvgIpc) is 2.28. The highest BCUT2D eigenvalue weighted by molar-refractivity contribution is 9.11. The second kappa shape index (κ2) is 6.77. The minimum Gasteiger partial charge on any atom is -0.331 e. The van der Waals surface area contributed by atoms with Gasteiger partial charge in [-0.1, -0.05) is 28.1 Å². The van der Waals surface area contributed by atoms with E-state index in [9.17, 15) is 4.79 Å². The van der Waals surface area contributed by atoms with Crippen LogP contribution >= 0.6 is 31.9 Å². The zero-order valence-electron chi connectivity index (χ0n) is 9.33. The van der Waals surface area contributed by atoms with E-state index in [0.717, 1.165) is 8.95 Å². The van der Waals surface area contributed by atoms with Crippen LogP contribution in [0.1, 0.15) is 10.4 Å². The maximum absolute atomic E-state index is 12.2. The number of nitrogens with zero attached hydrogens (tertiary/aromatic N) is 1. The van der Waals surface area contributed by atoms with Crippen LogP contribution in [0.15, 0.2) is 52.5 Å². The first kappa shape index (κ1) is 14.2. The molecular formula is C13H13Br2NO. The molecule has 0 unspecified atom stereocenters. The van der Waals surface area contributed by atoms with Crippen molar-refractivity contribution in [2.24, 2.45) is 0 Å². The predicted molar refractivity (Wildman–Crippen MR) is 78.1 cm³/mol. The number of amides is 1. The van der Waals surface area contributed by atoms with E-state index >= 15 is 0 Å². The predicted octanol–water partition coefficient (Wildman–Crippen LogP) is 4.03. The molecule has 0 aliphatic rings. The first-order valence-electron chi connectivity index (χ1n) is 5.06. The van der Waals surface area contributed by atoms with Crippen LogP contribution in [0.2, 0.25) is 0 Å². The highest BCUT2D eigenvalue weighted by atomic mass is 79.9. The number of halogens is 2. The molecule has 0 bridgehead atoms. The molecule has 0 N–H and O–H groups in total. The Hall–Kier alpha value is -0.870. The zero-order valence-corrected chi connectivity index (χ0v) is 12.5. The van der Waals surface area contributed by atoms with E-state index in [0.29, 0.717) is 18.7 Å². The third kappa shape index (κ3) is 3.82. The van der Waals surface area contributed by atoms with Crippen molar-refractivity contribution in [2.75, 3.05) is 13.1 Å². The molecule has 4 heteroatoms. The van der Waals surface area contributed by atoms with Crippen molar-refractivity contribution in [1.29, 1.82) is 0 Å². The monoisotopic (exact) mass is 357 g/mol. The van der Waals surface area contributed by atoms with Gasteiger partial charge in [-0.25, -0.2) is 0 Å². The van der Waals surface area contributed by atoms with Crippen molar-refractivity contribution in [1.82, 2.24) is 4.90 Å². The number of rotatable bonds is 5. The summed E-state index contributed by atoms with van der Waals surface area (Å²) in [6.45, 7) is 8.31. The van der Waals surface area contributed by atoms with Crippen LogP contribution in [-0.4, -0.2) is 23.9 Å². The molecule has 0 saturated carbocycles. The van der Waals surface area contributed by atoms with Crippen molar-refractivity contribution in [2.45, 2.75) is 0 Å². The molecule has 90 valence electrons. The molecule has 0 aliphatic heterocycles. The summed E-state index contributed by atoms with van der Waals surface area (Å²) in [6.07, 6.45) is 3.41. The van der Waals surface area contributed by atoms with Gasteiger partial charge in [0.25, 0.3) is 5.91 Å². The molecule has 0 saturated heterocycles. The molecule has 2 nitrogen and oxygen atoms in total.